The van der Waals surface area contributed by atoms with Crippen LogP contribution in [0, 0.1) is 12.7 Å². The van der Waals surface area contributed by atoms with Crippen LogP contribution in [0.5, 0.6) is 0 Å². The van der Waals surface area contributed by atoms with Crippen molar-refractivity contribution in [2.75, 3.05) is 27.2 Å². The molecule has 0 spiro atoms. The van der Waals surface area contributed by atoms with Crippen LogP contribution in [0.15, 0.2) is 39.8 Å². The Labute approximate surface area is 160 Å². The van der Waals surface area contributed by atoms with E-state index in [-0.39, 0.29) is 16.6 Å². The van der Waals surface area contributed by atoms with Crippen molar-refractivity contribution in [2.45, 2.75) is 11.8 Å². The first-order chi connectivity index (χ1) is 12.8. The zero-order valence-electron chi connectivity index (χ0n) is 15.1. The minimum atomic E-state index is -3.63. The maximum atomic E-state index is 13.4. The standard InChI is InChI=1S/C17H19FN4O3S2/c1-11-15(27(23,24)19-7-8-22(2)3)10-14(26-11)17-20-16(21-25-17)12-5-4-6-13(18)9-12/h4-6,9-10,19H,7-8H2,1-3H3. The number of thiophene rings is 1. The van der Waals surface area contributed by atoms with Crippen LogP contribution in [0.1, 0.15) is 4.88 Å². The smallest absolute Gasteiger partial charge is 0.268 e. The van der Waals surface area contributed by atoms with E-state index < -0.39 is 15.8 Å². The third-order valence-corrected chi connectivity index (χ3v) is 6.49. The van der Waals surface area contributed by atoms with Gasteiger partial charge in [0.05, 0.1) is 9.77 Å². The molecule has 0 fully saturated rings. The van der Waals surface area contributed by atoms with Gasteiger partial charge in [-0.1, -0.05) is 17.3 Å². The minimum absolute atomic E-state index is 0.187. The van der Waals surface area contributed by atoms with E-state index in [0.29, 0.717) is 28.4 Å². The molecule has 0 saturated heterocycles. The molecule has 10 heteroatoms. The number of aromatic nitrogens is 2. The summed E-state index contributed by atoms with van der Waals surface area (Å²) in [6.07, 6.45) is 0. The summed E-state index contributed by atoms with van der Waals surface area (Å²) >= 11 is 1.25. The SMILES string of the molecule is Cc1sc(-c2nc(-c3cccc(F)c3)no2)cc1S(=O)(=O)NCCN(C)C. The molecule has 27 heavy (non-hydrogen) atoms. The quantitative estimate of drug-likeness (QED) is 0.644. The lowest BCUT2D eigenvalue weighted by Crippen LogP contribution is -2.31. The molecule has 0 saturated carbocycles. The van der Waals surface area contributed by atoms with Crippen molar-refractivity contribution in [3.8, 4) is 22.2 Å². The number of benzene rings is 1. The summed E-state index contributed by atoms with van der Waals surface area (Å²) in [7, 11) is 0.108. The second-order valence-corrected chi connectivity index (χ2v) is 9.16. The maximum absolute atomic E-state index is 13.4. The number of halogens is 1. The van der Waals surface area contributed by atoms with Crippen molar-refractivity contribution in [1.82, 2.24) is 19.8 Å². The molecule has 7 nitrogen and oxygen atoms in total. The van der Waals surface area contributed by atoms with Gasteiger partial charge in [0.15, 0.2) is 0 Å². The highest BCUT2D eigenvalue weighted by molar-refractivity contribution is 7.89. The number of sulfonamides is 1. The second kappa shape index (κ2) is 7.85. The molecule has 144 valence electrons. The number of hydrogen-bond donors (Lipinski definition) is 1. The lowest BCUT2D eigenvalue weighted by molar-refractivity contribution is 0.412. The van der Waals surface area contributed by atoms with Gasteiger partial charge in [-0.2, -0.15) is 4.98 Å². The van der Waals surface area contributed by atoms with Crippen molar-refractivity contribution in [2.24, 2.45) is 0 Å². The molecule has 0 bridgehead atoms. The monoisotopic (exact) mass is 410 g/mol. The summed E-state index contributed by atoms with van der Waals surface area (Å²) in [6.45, 7) is 2.62. The van der Waals surface area contributed by atoms with E-state index in [1.807, 2.05) is 19.0 Å². The van der Waals surface area contributed by atoms with E-state index in [0.717, 1.165) is 0 Å². The van der Waals surface area contributed by atoms with Crippen LogP contribution in [0.3, 0.4) is 0 Å². The molecule has 2 heterocycles. The Balaban J connectivity index is 1.84. The van der Waals surface area contributed by atoms with Crippen LogP contribution in [0.25, 0.3) is 22.2 Å². The Morgan fingerprint density at radius 2 is 2.07 bits per heavy atom. The van der Waals surface area contributed by atoms with Gasteiger partial charge in [0, 0.05) is 23.5 Å². The molecule has 0 radical (unpaired) electrons. The molecule has 0 aliphatic carbocycles. The van der Waals surface area contributed by atoms with Crippen LogP contribution in [-0.2, 0) is 10.0 Å². The highest BCUT2D eigenvalue weighted by atomic mass is 32.2. The van der Waals surface area contributed by atoms with Crippen molar-refractivity contribution in [1.29, 1.82) is 0 Å². The number of nitrogens with one attached hydrogen (secondary N) is 1. The number of aryl methyl sites for hydroxylation is 1. The zero-order chi connectivity index (χ0) is 19.6. The van der Waals surface area contributed by atoms with E-state index in [9.17, 15) is 12.8 Å². The summed E-state index contributed by atoms with van der Waals surface area (Å²) in [4.78, 5) is 7.49. The zero-order valence-corrected chi connectivity index (χ0v) is 16.7. The lowest BCUT2D eigenvalue weighted by Gasteiger charge is -2.10. The molecule has 0 atom stereocenters. The molecule has 0 amide bonds. The van der Waals surface area contributed by atoms with Crippen LogP contribution in [0.2, 0.25) is 0 Å². The van der Waals surface area contributed by atoms with Crippen LogP contribution < -0.4 is 4.72 Å². The van der Waals surface area contributed by atoms with Gasteiger partial charge >= 0.3 is 0 Å². The van der Waals surface area contributed by atoms with Crippen LogP contribution in [0.4, 0.5) is 4.39 Å². The summed E-state index contributed by atoms with van der Waals surface area (Å²) in [5.74, 6) is 0.0316. The van der Waals surface area contributed by atoms with Crippen LogP contribution in [-0.4, -0.2) is 50.6 Å². The largest absolute Gasteiger partial charge is 0.333 e. The normalized spacial score (nSPS) is 12.0. The summed E-state index contributed by atoms with van der Waals surface area (Å²) in [5.41, 5.74) is 0.483. The molecular formula is C17H19FN4O3S2. The predicted molar refractivity (Wildman–Crippen MR) is 101 cm³/mol. The Morgan fingerprint density at radius 3 is 2.78 bits per heavy atom. The lowest BCUT2D eigenvalue weighted by atomic mass is 10.2. The van der Waals surface area contributed by atoms with E-state index in [1.165, 1.54) is 29.5 Å². The molecule has 1 aromatic carbocycles. The van der Waals surface area contributed by atoms with Crippen molar-refractivity contribution in [3.63, 3.8) is 0 Å². The molecular weight excluding hydrogens is 391 g/mol. The molecule has 3 aromatic rings. The maximum Gasteiger partial charge on any atom is 0.268 e. The first kappa shape index (κ1) is 19.6. The molecule has 3 rings (SSSR count). The fraction of sp³-hybridized carbons (Fsp3) is 0.294. The van der Waals surface area contributed by atoms with Gasteiger partial charge in [-0.3, -0.25) is 0 Å². The van der Waals surface area contributed by atoms with Gasteiger partial charge in [-0.25, -0.2) is 17.5 Å². The molecule has 0 aliphatic heterocycles. The van der Waals surface area contributed by atoms with Gasteiger partial charge in [0.25, 0.3) is 5.89 Å². The Hall–Kier alpha value is -2.14. The van der Waals surface area contributed by atoms with Crippen molar-refractivity contribution < 1.29 is 17.3 Å². The highest BCUT2D eigenvalue weighted by Gasteiger charge is 2.22. The predicted octanol–water partition coefficient (Wildman–Crippen LogP) is 2.75. The Morgan fingerprint density at radius 1 is 1.30 bits per heavy atom. The first-order valence-electron chi connectivity index (χ1n) is 8.11. The molecule has 0 unspecified atom stereocenters. The number of hydrogen-bond acceptors (Lipinski definition) is 7. The Kier molecular flexibility index (Phi) is 5.70. The molecule has 1 N–H and O–H groups in total. The van der Waals surface area contributed by atoms with Gasteiger partial charge in [0.1, 0.15) is 5.82 Å². The van der Waals surface area contributed by atoms with E-state index in [1.54, 1.807) is 19.1 Å². The second-order valence-electron chi connectivity index (χ2n) is 6.17. The third-order valence-electron chi connectivity index (χ3n) is 3.73. The summed E-state index contributed by atoms with van der Waals surface area (Å²) in [6, 6.07) is 7.37. The summed E-state index contributed by atoms with van der Waals surface area (Å²) in [5, 5.41) is 3.86. The average Bonchev–Trinajstić information content (AvgIpc) is 3.21. The van der Waals surface area contributed by atoms with Gasteiger partial charge in [0.2, 0.25) is 15.8 Å². The Bertz CT molecular complexity index is 1040. The average molecular weight is 410 g/mol. The van der Waals surface area contributed by atoms with Gasteiger partial charge < -0.3 is 9.42 Å². The number of nitrogens with zero attached hydrogens (tertiary/aromatic N) is 3. The molecule has 0 aliphatic rings. The third kappa shape index (κ3) is 4.59. The summed E-state index contributed by atoms with van der Waals surface area (Å²) < 4.78 is 46.2. The number of rotatable bonds is 7. The minimum Gasteiger partial charge on any atom is -0.333 e. The van der Waals surface area contributed by atoms with E-state index in [2.05, 4.69) is 14.9 Å². The molecule has 2 aromatic heterocycles. The van der Waals surface area contributed by atoms with Gasteiger partial charge in [-0.15, -0.1) is 11.3 Å². The van der Waals surface area contributed by atoms with Gasteiger partial charge in [-0.05, 0) is 39.2 Å². The topological polar surface area (TPSA) is 88.3 Å². The fourth-order valence-electron chi connectivity index (χ4n) is 2.39. The van der Waals surface area contributed by atoms with E-state index >= 15 is 0 Å². The highest BCUT2D eigenvalue weighted by Crippen LogP contribution is 2.33. The first-order valence-corrected chi connectivity index (χ1v) is 10.4. The fourth-order valence-corrected chi connectivity index (χ4v) is 4.92. The van der Waals surface area contributed by atoms with Crippen LogP contribution >= 0.6 is 11.3 Å². The van der Waals surface area contributed by atoms with Crippen molar-refractivity contribution >= 4 is 21.4 Å². The van der Waals surface area contributed by atoms with E-state index in [4.69, 9.17) is 4.52 Å². The van der Waals surface area contributed by atoms with Crippen molar-refractivity contribution in [3.05, 3.63) is 41.0 Å². The number of likely N-dealkylation sites (N-methyl/N-ethyl adjacent to an activating group) is 1.